The minimum Gasteiger partial charge on any atom is -0.446 e. The Bertz CT molecular complexity index is 673. The van der Waals surface area contributed by atoms with Gasteiger partial charge in [0.25, 0.3) is 0 Å². The summed E-state index contributed by atoms with van der Waals surface area (Å²) in [5.41, 5.74) is 1.36. The second kappa shape index (κ2) is 5.92. The standard InChI is InChI=1S/C17H22F3N3O2/c1-9-14(10-7-17(19,20)8-10)22-23(12-3-2-4-12)15(9)21-16(24)25-13-5-11(18)6-13/h10-13H,2-8H2,1H3,(H,21,24). The lowest BCUT2D eigenvalue weighted by atomic mass is 9.78. The molecule has 1 heterocycles. The summed E-state index contributed by atoms with van der Waals surface area (Å²) < 4.78 is 46.2. The van der Waals surface area contributed by atoms with E-state index in [1.807, 2.05) is 0 Å². The quantitative estimate of drug-likeness (QED) is 0.864. The molecule has 3 saturated carbocycles. The van der Waals surface area contributed by atoms with Crippen LogP contribution in [0.5, 0.6) is 0 Å². The maximum atomic E-state index is 13.2. The summed E-state index contributed by atoms with van der Waals surface area (Å²) in [6, 6.07) is 0.183. The van der Waals surface area contributed by atoms with Crippen LogP contribution in [0.4, 0.5) is 23.8 Å². The number of carbonyl (C=O) groups excluding carboxylic acids is 1. The highest BCUT2D eigenvalue weighted by Crippen LogP contribution is 2.50. The molecule has 8 heteroatoms. The van der Waals surface area contributed by atoms with E-state index < -0.39 is 18.2 Å². The second-order valence-corrected chi connectivity index (χ2v) is 7.57. The SMILES string of the molecule is Cc1c(C2CC(F)(F)C2)nn(C2CCC2)c1NC(=O)OC1CC(F)C1. The lowest BCUT2D eigenvalue weighted by Gasteiger charge is -2.34. The molecule has 0 unspecified atom stereocenters. The summed E-state index contributed by atoms with van der Waals surface area (Å²) in [5, 5.41) is 7.27. The normalized spacial score (nSPS) is 28.6. The molecule has 5 nitrogen and oxygen atoms in total. The van der Waals surface area contributed by atoms with E-state index in [1.165, 1.54) is 0 Å². The first kappa shape index (κ1) is 16.7. The molecular weight excluding hydrogens is 335 g/mol. The lowest BCUT2D eigenvalue weighted by Crippen LogP contribution is -2.36. The summed E-state index contributed by atoms with van der Waals surface area (Å²) >= 11 is 0. The van der Waals surface area contributed by atoms with Gasteiger partial charge in [0.05, 0.1) is 11.7 Å². The highest BCUT2D eigenvalue weighted by Gasteiger charge is 2.48. The van der Waals surface area contributed by atoms with Crippen LogP contribution < -0.4 is 5.32 Å². The van der Waals surface area contributed by atoms with E-state index in [2.05, 4.69) is 10.4 Å². The fourth-order valence-corrected chi connectivity index (χ4v) is 3.70. The van der Waals surface area contributed by atoms with Crippen LogP contribution in [0.3, 0.4) is 0 Å². The molecule has 0 atom stereocenters. The monoisotopic (exact) mass is 357 g/mol. The number of nitrogens with zero attached hydrogens (tertiary/aromatic N) is 2. The third kappa shape index (κ3) is 3.11. The average Bonchev–Trinajstić information content (AvgIpc) is 2.70. The van der Waals surface area contributed by atoms with E-state index in [-0.39, 0.29) is 43.7 Å². The van der Waals surface area contributed by atoms with Gasteiger partial charge in [-0.3, -0.25) is 5.32 Å². The van der Waals surface area contributed by atoms with Crippen molar-refractivity contribution in [2.24, 2.45) is 0 Å². The molecule has 4 rings (SSSR count). The van der Waals surface area contributed by atoms with Crippen LogP contribution in [-0.2, 0) is 4.74 Å². The molecule has 3 aliphatic rings. The first-order chi connectivity index (χ1) is 11.8. The van der Waals surface area contributed by atoms with Crippen LogP contribution in [0, 0.1) is 6.92 Å². The van der Waals surface area contributed by atoms with Gasteiger partial charge < -0.3 is 4.74 Å². The van der Waals surface area contributed by atoms with E-state index in [0.717, 1.165) is 24.8 Å². The number of aromatic nitrogens is 2. The zero-order valence-corrected chi connectivity index (χ0v) is 14.1. The van der Waals surface area contributed by atoms with Gasteiger partial charge in [-0.2, -0.15) is 5.10 Å². The van der Waals surface area contributed by atoms with Gasteiger partial charge >= 0.3 is 6.09 Å². The number of hydrogen-bond acceptors (Lipinski definition) is 3. The number of alkyl halides is 3. The van der Waals surface area contributed by atoms with E-state index >= 15 is 0 Å². The van der Waals surface area contributed by atoms with Crippen molar-refractivity contribution in [1.29, 1.82) is 0 Å². The van der Waals surface area contributed by atoms with E-state index in [0.29, 0.717) is 11.5 Å². The van der Waals surface area contributed by atoms with Gasteiger partial charge in [-0.25, -0.2) is 22.6 Å². The van der Waals surface area contributed by atoms with Crippen LogP contribution in [0.25, 0.3) is 0 Å². The predicted molar refractivity (Wildman–Crippen MR) is 84.8 cm³/mol. The zero-order chi connectivity index (χ0) is 17.8. The Morgan fingerprint density at radius 3 is 2.52 bits per heavy atom. The van der Waals surface area contributed by atoms with Crippen molar-refractivity contribution in [3.63, 3.8) is 0 Å². The van der Waals surface area contributed by atoms with Crippen LogP contribution >= 0.6 is 0 Å². The Labute approximate surface area is 143 Å². The molecule has 138 valence electrons. The smallest absolute Gasteiger partial charge is 0.413 e. The number of hydrogen-bond donors (Lipinski definition) is 1. The third-order valence-corrected chi connectivity index (χ3v) is 5.61. The topological polar surface area (TPSA) is 56.2 Å². The number of anilines is 1. The van der Waals surface area contributed by atoms with E-state index in [9.17, 15) is 18.0 Å². The van der Waals surface area contributed by atoms with Gasteiger partial charge in [-0.1, -0.05) is 0 Å². The van der Waals surface area contributed by atoms with E-state index in [4.69, 9.17) is 4.74 Å². The van der Waals surface area contributed by atoms with Gasteiger partial charge in [-0.15, -0.1) is 0 Å². The largest absolute Gasteiger partial charge is 0.446 e. The van der Waals surface area contributed by atoms with Crippen molar-refractivity contribution in [1.82, 2.24) is 9.78 Å². The number of rotatable bonds is 4. The molecule has 1 amide bonds. The molecule has 25 heavy (non-hydrogen) atoms. The van der Waals surface area contributed by atoms with Crippen molar-refractivity contribution in [2.45, 2.75) is 82.0 Å². The van der Waals surface area contributed by atoms with Crippen molar-refractivity contribution in [3.05, 3.63) is 11.3 Å². The number of ether oxygens (including phenoxy) is 1. The number of amides is 1. The van der Waals surface area contributed by atoms with Crippen LogP contribution in [0.15, 0.2) is 0 Å². The maximum absolute atomic E-state index is 13.2. The third-order valence-electron chi connectivity index (χ3n) is 5.61. The predicted octanol–water partition coefficient (Wildman–Crippen LogP) is 4.48. The summed E-state index contributed by atoms with van der Waals surface area (Å²) in [7, 11) is 0. The second-order valence-electron chi connectivity index (χ2n) is 7.57. The van der Waals surface area contributed by atoms with Crippen molar-refractivity contribution < 1.29 is 22.7 Å². The fourth-order valence-electron chi connectivity index (χ4n) is 3.70. The molecular formula is C17H22F3N3O2. The molecule has 1 aromatic rings. The highest BCUT2D eigenvalue weighted by molar-refractivity contribution is 5.85. The average molecular weight is 357 g/mol. The van der Waals surface area contributed by atoms with Gasteiger partial charge in [0.1, 0.15) is 18.1 Å². The van der Waals surface area contributed by atoms with Crippen molar-refractivity contribution >= 4 is 11.9 Å². The van der Waals surface area contributed by atoms with Gasteiger partial charge in [0, 0.05) is 37.2 Å². The molecule has 0 spiro atoms. The maximum Gasteiger partial charge on any atom is 0.413 e. The summed E-state index contributed by atoms with van der Waals surface area (Å²) in [6.07, 6.45) is 1.16. The van der Waals surface area contributed by atoms with Gasteiger partial charge in [-0.05, 0) is 26.2 Å². The Kier molecular flexibility index (Phi) is 3.96. The van der Waals surface area contributed by atoms with Crippen LogP contribution in [-0.4, -0.2) is 34.1 Å². The molecule has 1 N–H and O–H groups in total. The molecule has 0 aliphatic heterocycles. The first-order valence-corrected chi connectivity index (χ1v) is 8.91. The molecule has 3 fully saturated rings. The Morgan fingerprint density at radius 2 is 2.00 bits per heavy atom. The zero-order valence-electron chi connectivity index (χ0n) is 14.1. The van der Waals surface area contributed by atoms with Crippen molar-refractivity contribution in [2.75, 3.05) is 5.32 Å². The molecule has 0 bridgehead atoms. The van der Waals surface area contributed by atoms with Gasteiger partial charge in [0.15, 0.2) is 0 Å². The molecule has 1 aromatic heterocycles. The molecule has 0 aromatic carbocycles. The minimum absolute atomic E-state index is 0.183. The van der Waals surface area contributed by atoms with Crippen LogP contribution in [0.1, 0.15) is 68.2 Å². The van der Waals surface area contributed by atoms with E-state index in [1.54, 1.807) is 11.6 Å². The summed E-state index contributed by atoms with van der Waals surface area (Å²) in [4.78, 5) is 12.1. The first-order valence-electron chi connectivity index (χ1n) is 8.91. The van der Waals surface area contributed by atoms with Crippen LogP contribution in [0.2, 0.25) is 0 Å². The highest BCUT2D eigenvalue weighted by atomic mass is 19.3. The number of carbonyl (C=O) groups is 1. The Morgan fingerprint density at radius 1 is 1.32 bits per heavy atom. The molecule has 0 radical (unpaired) electrons. The summed E-state index contributed by atoms with van der Waals surface area (Å²) in [5.74, 6) is -2.36. The number of halogens is 3. The molecule has 3 aliphatic carbocycles. The Balaban J connectivity index is 1.50. The molecule has 0 saturated heterocycles. The fraction of sp³-hybridized carbons (Fsp3) is 0.765. The lowest BCUT2D eigenvalue weighted by molar-refractivity contribution is -0.0878. The van der Waals surface area contributed by atoms with Gasteiger partial charge in [0.2, 0.25) is 5.92 Å². The Hall–Kier alpha value is -1.73. The number of nitrogens with one attached hydrogen (secondary N) is 1. The summed E-state index contributed by atoms with van der Waals surface area (Å²) in [6.45, 7) is 1.80. The minimum atomic E-state index is -2.61. The van der Waals surface area contributed by atoms with Crippen molar-refractivity contribution in [3.8, 4) is 0 Å².